The lowest BCUT2D eigenvalue weighted by molar-refractivity contribution is -0.137. The molecule has 0 amide bonds. The number of aryl methyl sites for hydroxylation is 1. The molecule has 0 aliphatic carbocycles. The average molecular weight is 406 g/mol. The molecule has 0 N–H and O–H groups in total. The van der Waals surface area contributed by atoms with Gasteiger partial charge in [0, 0.05) is 6.54 Å². The third-order valence-electron chi connectivity index (χ3n) is 4.19. The Kier molecular flexibility index (Phi) is 4.83. The van der Waals surface area contributed by atoms with Gasteiger partial charge in [-0.25, -0.2) is 8.42 Å². The highest BCUT2D eigenvalue weighted by Crippen LogP contribution is 2.38. The molecule has 0 radical (unpaired) electrons. The molecule has 0 unspecified atom stereocenters. The normalized spacial score (nSPS) is 14.9. The van der Waals surface area contributed by atoms with Crippen LogP contribution < -0.4 is 9.04 Å². The second-order valence-electron chi connectivity index (χ2n) is 5.81. The first kappa shape index (κ1) is 18.8. The summed E-state index contributed by atoms with van der Waals surface area (Å²) in [5.74, 6) is 0.592. The van der Waals surface area contributed by atoms with Crippen molar-refractivity contribution in [2.45, 2.75) is 23.9 Å². The highest BCUT2D eigenvalue weighted by molar-refractivity contribution is 7.92. The number of hydrogen-bond donors (Lipinski definition) is 0. The van der Waals surface area contributed by atoms with Crippen molar-refractivity contribution >= 4 is 27.3 Å². The summed E-state index contributed by atoms with van der Waals surface area (Å²) >= 11 is 5.59. The quantitative estimate of drug-likeness (QED) is 0.754. The molecule has 0 saturated heterocycles. The molecule has 1 heterocycles. The molecule has 0 fully saturated rings. The minimum atomic E-state index is -4.74. The van der Waals surface area contributed by atoms with E-state index in [-0.39, 0.29) is 6.54 Å². The minimum absolute atomic E-state index is 0.186. The van der Waals surface area contributed by atoms with E-state index in [0.717, 1.165) is 22.0 Å². The molecular weight excluding hydrogens is 391 g/mol. The first-order chi connectivity index (χ1) is 12.1. The minimum Gasteiger partial charge on any atom is -0.497 e. The lowest BCUT2D eigenvalue weighted by Crippen LogP contribution is -2.35. The number of methoxy groups -OCH3 is 1. The van der Waals surface area contributed by atoms with Crippen molar-refractivity contribution in [2.75, 3.05) is 18.0 Å². The van der Waals surface area contributed by atoms with Crippen molar-refractivity contribution in [2.24, 2.45) is 0 Å². The predicted octanol–water partition coefficient (Wildman–Crippen LogP) is 4.51. The number of benzene rings is 2. The van der Waals surface area contributed by atoms with Crippen LogP contribution >= 0.6 is 11.6 Å². The van der Waals surface area contributed by atoms with Crippen LogP contribution in [0.2, 0.25) is 5.02 Å². The van der Waals surface area contributed by atoms with Crippen molar-refractivity contribution in [1.82, 2.24) is 0 Å². The fourth-order valence-electron chi connectivity index (χ4n) is 2.92. The number of halogens is 4. The molecule has 140 valence electrons. The van der Waals surface area contributed by atoms with Gasteiger partial charge in [0.2, 0.25) is 0 Å². The summed E-state index contributed by atoms with van der Waals surface area (Å²) in [6.45, 7) is 0.186. The molecule has 4 nitrogen and oxygen atoms in total. The van der Waals surface area contributed by atoms with E-state index in [2.05, 4.69) is 0 Å². The maximum absolute atomic E-state index is 13.1. The molecule has 0 bridgehead atoms. The summed E-state index contributed by atoms with van der Waals surface area (Å²) in [5.41, 5.74) is 0.0388. The molecular formula is C17H15ClF3NO3S. The Morgan fingerprint density at radius 2 is 1.88 bits per heavy atom. The average Bonchev–Trinajstić information content (AvgIpc) is 2.59. The molecule has 9 heteroatoms. The molecule has 3 rings (SSSR count). The van der Waals surface area contributed by atoms with E-state index in [1.54, 1.807) is 18.2 Å². The molecule has 1 aliphatic rings. The molecule has 1 aliphatic heterocycles. The number of ether oxygens (including phenoxy) is 1. The van der Waals surface area contributed by atoms with Gasteiger partial charge in [0.1, 0.15) is 5.75 Å². The lowest BCUT2D eigenvalue weighted by atomic mass is 10.0. The largest absolute Gasteiger partial charge is 0.497 e. The summed E-state index contributed by atoms with van der Waals surface area (Å²) in [4.78, 5) is -0.446. The summed E-state index contributed by atoms with van der Waals surface area (Å²) in [6.07, 6.45) is -3.53. The number of anilines is 1. The highest BCUT2D eigenvalue weighted by atomic mass is 35.5. The summed E-state index contributed by atoms with van der Waals surface area (Å²) in [6, 6.07) is 7.58. The van der Waals surface area contributed by atoms with E-state index >= 15 is 0 Å². The summed E-state index contributed by atoms with van der Waals surface area (Å²) in [7, 11) is -2.66. The van der Waals surface area contributed by atoms with Gasteiger partial charge in [-0.3, -0.25) is 4.31 Å². The van der Waals surface area contributed by atoms with E-state index in [1.165, 1.54) is 7.11 Å². The van der Waals surface area contributed by atoms with Gasteiger partial charge in [-0.05, 0) is 54.8 Å². The fraction of sp³-hybridized carbons (Fsp3) is 0.294. The van der Waals surface area contributed by atoms with Crippen molar-refractivity contribution in [1.29, 1.82) is 0 Å². The maximum atomic E-state index is 13.1. The van der Waals surface area contributed by atoms with Crippen LogP contribution in [0.1, 0.15) is 17.5 Å². The first-order valence-corrected chi connectivity index (χ1v) is 9.53. The maximum Gasteiger partial charge on any atom is 0.417 e. The van der Waals surface area contributed by atoms with Crippen LogP contribution in [0.3, 0.4) is 0 Å². The summed E-state index contributed by atoms with van der Waals surface area (Å²) < 4.78 is 71.5. The van der Waals surface area contributed by atoms with Crippen LogP contribution in [-0.4, -0.2) is 22.1 Å². The number of rotatable bonds is 3. The topological polar surface area (TPSA) is 46.6 Å². The van der Waals surface area contributed by atoms with Crippen LogP contribution in [0, 0.1) is 0 Å². The Balaban J connectivity index is 2.08. The lowest BCUT2D eigenvalue weighted by Gasteiger charge is -2.31. The third-order valence-corrected chi connectivity index (χ3v) is 6.33. The molecule has 0 atom stereocenters. The highest BCUT2D eigenvalue weighted by Gasteiger charge is 2.36. The number of hydrogen-bond acceptors (Lipinski definition) is 3. The molecule has 2 aromatic carbocycles. The van der Waals surface area contributed by atoms with Crippen molar-refractivity contribution < 1.29 is 26.3 Å². The van der Waals surface area contributed by atoms with Gasteiger partial charge in [0.25, 0.3) is 10.0 Å². The van der Waals surface area contributed by atoms with E-state index in [0.29, 0.717) is 30.3 Å². The number of sulfonamides is 1. The van der Waals surface area contributed by atoms with Crippen molar-refractivity contribution in [3.05, 3.63) is 52.5 Å². The Bertz CT molecular complexity index is 945. The number of alkyl halides is 3. The number of fused-ring (bicyclic) bond motifs is 1. The predicted molar refractivity (Wildman–Crippen MR) is 92.3 cm³/mol. The Hall–Kier alpha value is -1.93. The second kappa shape index (κ2) is 6.66. The van der Waals surface area contributed by atoms with E-state index in [4.69, 9.17) is 16.3 Å². The zero-order valence-electron chi connectivity index (χ0n) is 13.7. The third kappa shape index (κ3) is 3.35. The second-order valence-corrected chi connectivity index (χ2v) is 8.08. The van der Waals surface area contributed by atoms with Crippen LogP contribution in [0.25, 0.3) is 0 Å². The zero-order valence-corrected chi connectivity index (χ0v) is 15.2. The Morgan fingerprint density at radius 1 is 1.15 bits per heavy atom. The molecule has 0 aromatic heterocycles. The van der Waals surface area contributed by atoms with Gasteiger partial charge in [-0.2, -0.15) is 13.2 Å². The standard InChI is InChI=1S/C17H15ClF3NO3S/c1-25-12-4-7-16-11(9-12)3-2-8-22(16)26(23,24)13-5-6-15(18)14(10-13)17(19,20)21/h4-7,9-10H,2-3,8H2,1H3. The van der Waals surface area contributed by atoms with Gasteiger partial charge in [-0.15, -0.1) is 0 Å². The summed E-state index contributed by atoms with van der Waals surface area (Å²) in [5, 5.41) is -0.541. The van der Waals surface area contributed by atoms with Gasteiger partial charge < -0.3 is 4.74 Å². The SMILES string of the molecule is COc1ccc2c(c1)CCCN2S(=O)(=O)c1ccc(Cl)c(C(F)(F)F)c1. The molecule has 0 spiro atoms. The molecule has 0 saturated carbocycles. The van der Waals surface area contributed by atoms with E-state index in [9.17, 15) is 21.6 Å². The van der Waals surface area contributed by atoms with Gasteiger partial charge in [0.05, 0.1) is 28.3 Å². The van der Waals surface area contributed by atoms with Crippen LogP contribution in [0.15, 0.2) is 41.3 Å². The van der Waals surface area contributed by atoms with Crippen LogP contribution in [0.5, 0.6) is 5.75 Å². The zero-order chi connectivity index (χ0) is 19.1. The first-order valence-electron chi connectivity index (χ1n) is 7.71. The van der Waals surface area contributed by atoms with Crippen LogP contribution in [-0.2, 0) is 22.6 Å². The van der Waals surface area contributed by atoms with Gasteiger partial charge in [-0.1, -0.05) is 11.6 Å². The fourth-order valence-corrected chi connectivity index (χ4v) is 4.72. The van der Waals surface area contributed by atoms with Crippen LogP contribution in [0.4, 0.5) is 18.9 Å². The van der Waals surface area contributed by atoms with Crippen molar-refractivity contribution in [3.63, 3.8) is 0 Å². The van der Waals surface area contributed by atoms with Gasteiger partial charge >= 0.3 is 6.18 Å². The Labute approximate surface area is 154 Å². The monoisotopic (exact) mass is 405 g/mol. The van der Waals surface area contributed by atoms with E-state index in [1.807, 2.05) is 0 Å². The van der Waals surface area contributed by atoms with E-state index < -0.39 is 31.7 Å². The van der Waals surface area contributed by atoms with Gasteiger partial charge in [0.15, 0.2) is 0 Å². The number of nitrogens with zero attached hydrogens (tertiary/aromatic N) is 1. The molecule has 2 aromatic rings. The smallest absolute Gasteiger partial charge is 0.417 e. The molecule has 26 heavy (non-hydrogen) atoms. The van der Waals surface area contributed by atoms with Crippen molar-refractivity contribution in [3.8, 4) is 5.75 Å². The Morgan fingerprint density at radius 3 is 2.54 bits per heavy atom.